The number of thioether (sulfide) groups is 1. The number of hydrogen-bond acceptors (Lipinski definition) is 3. The second-order valence-corrected chi connectivity index (χ2v) is 9.15. The van der Waals surface area contributed by atoms with E-state index < -0.39 is 10.8 Å². The fourth-order valence-electron chi connectivity index (χ4n) is 3.47. The third kappa shape index (κ3) is 2.81. The third-order valence-corrected chi connectivity index (χ3v) is 6.75. The zero-order valence-electron chi connectivity index (χ0n) is 14.2. The lowest BCUT2D eigenvalue weighted by atomic mass is 10.0. The van der Waals surface area contributed by atoms with E-state index in [1.165, 1.54) is 11.8 Å². The molecular weight excluding hydrogens is 358 g/mol. The average molecular weight is 378 g/mol. The van der Waals surface area contributed by atoms with Crippen LogP contribution in [0.15, 0.2) is 18.2 Å². The Balaban J connectivity index is 1.56. The molecular formula is C18H20ClN3O2S. The molecule has 1 saturated heterocycles. The maximum Gasteiger partial charge on any atom is 0.246 e. The molecule has 1 unspecified atom stereocenters. The number of aromatic nitrogens is 1. The zero-order chi connectivity index (χ0) is 17.8. The molecule has 2 N–H and O–H groups in total. The molecule has 0 bridgehead atoms. The molecule has 1 aromatic heterocycles. The van der Waals surface area contributed by atoms with E-state index in [-0.39, 0.29) is 11.8 Å². The number of carbonyl (C=O) groups is 2. The maximum atomic E-state index is 12.9. The van der Waals surface area contributed by atoms with Gasteiger partial charge in [-0.15, -0.1) is 11.8 Å². The molecule has 2 aromatic rings. The number of amides is 2. The first-order chi connectivity index (χ1) is 11.9. The van der Waals surface area contributed by atoms with Crippen molar-refractivity contribution >= 4 is 46.1 Å². The van der Waals surface area contributed by atoms with Gasteiger partial charge in [-0.25, -0.2) is 0 Å². The molecule has 1 aromatic carbocycles. The molecule has 25 heavy (non-hydrogen) atoms. The van der Waals surface area contributed by atoms with Gasteiger partial charge in [0, 0.05) is 41.9 Å². The van der Waals surface area contributed by atoms with Gasteiger partial charge in [-0.2, -0.15) is 0 Å². The first kappa shape index (κ1) is 16.8. The highest BCUT2D eigenvalue weighted by molar-refractivity contribution is 8.01. The van der Waals surface area contributed by atoms with Crippen LogP contribution in [0.25, 0.3) is 10.9 Å². The van der Waals surface area contributed by atoms with Crippen LogP contribution in [0.2, 0.25) is 5.02 Å². The Bertz CT molecular complexity index is 877. The predicted molar refractivity (Wildman–Crippen MR) is 101 cm³/mol. The molecule has 4 rings (SSSR count). The summed E-state index contributed by atoms with van der Waals surface area (Å²) in [4.78, 5) is 30.3. The van der Waals surface area contributed by atoms with Crippen molar-refractivity contribution in [3.05, 3.63) is 34.5 Å². The van der Waals surface area contributed by atoms with Crippen molar-refractivity contribution in [3.8, 4) is 0 Å². The second kappa shape index (κ2) is 5.95. The minimum absolute atomic E-state index is 0.00150. The number of carbonyl (C=O) groups excluding carboxylic acids is 2. The standard InChI is InChI=1S/C18H20ClN3O2S/c1-18(2)17(24)21-14(9-25-18)16(23)22-7-6-13-11(8-22)10-4-3-5-12(19)15(10)20-13/h3-5,14,20H,6-9H2,1-2H3,(H,21,24). The van der Waals surface area contributed by atoms with Crippen LogP contribution in [-0.2, 0) is 22.6 Å². The van der Waals surface area contributed by atoms with Gasteiger partial charge in [0.2, 0.25) is 11.8 Å². The number of para-hydroxylation sites is 1. The summed E-state index contributed by atoms with van der Waals surface area (Å²) in [6, 6.07) is 5.39. The Morgan fingerprint density at radius 2 is 2.20 bits per heavy atom. The number of aromatic amines is 1. The minimum Gasteiger partial charge on any atom is -0.357 e. The molecule has 3 heterocycles. The van der Waals surface area contributed by atoms with Crippen LogP contribution in [0, 0.1) is 0 Å². The SMILES string of the molecule is CC1(C)SCC(C(=O)N2CCc3[nH]c4c(Cl)cccc4c3C2)NC1=O. The normalized spacial score (nSPS) is 22.6. The summed E-state index contributed by atoms with van der Waals surface area (Å²) in [7, 11) is 0. The van der Waals surface area contributed by atoms with E-state index in [9.17, 15) is 9.59 Å². The van der Waals surface area contributed by atoms with Gasteiger partial charge in [0.15, 0.2) is 0 Å². The maximum absolute atomic E-state index is 12.9. The second-order valence-electron chi connectivity index (χ2n) is 7.10. The highest BCUT2D eigenvalue weighted by Crippen LogP contribution is 2.33. The van der Waals surface area contributed by atoms with Gasteiger partial charge in [-0.1, -0.05) is 23.7 Å². The number of halogens is 1. The lowest BCUT2D eigenvalue weighted by Gasteiger charge is -2.36. The molecule has 5 nitrogen and oxygen atoms in total. The Kier molecular flexibility index (Phi) is 4.00. The molecule has 0 aliphatic carbocycles. The van der Waals surface area contributed by atoms with E-state index in [1.54, 1.807) is 0 Å². The average Bonchev–Trinajstić information content (AvgIpc) is 2.96. The summed E-state index contributed by atoms with van der Waals surface area (Å²) in [5, 5.41) is 4.66. The lowest BCUT2D eigenvalue weighted by molar-refractivity contribution is -0.137. The number of benzene rings is 1. The summed E-state index contributed by atoms with van der Waals surface area (Å²) >= 11 is 7.82. The largest absolute Gasteiger partial charge is 0.357 e. The highest BCUT2D eigenvalue weighted by atomic mass is 35.5. The number of fused-ring (bicyclic) bond motifs is 3. The van der Waals surface area contributed by atoms with Gasteiger partial charge < -0.3 is 15.2 Å². The molecule has 0 spiro atoms. The topological polar surface area (TPSA) is 65.2 Å². The van der Waals surface area contributed by atoms with Crippen LogP contribution < -0.4 is 5.32 Å². The van der Waals surface area contributed by atoms with E-state index in [2.05, 4.69) is 10.3 Å². The Hall–Kier alpha value is -1.66. The van der Waals surface area contributed by atoms with Crippen molar-refractivity contribution in [2.24, 2.45) is 0 Å². The highest BCUT2D eigenvalue weighted by Gasteiger charge is 2.39. The van der Waals surface area contributed by atoms with Crippen molar-refractivity contribution in [1.29, 1.82) is 0 Å². The quantitative estimate of drug-likeness (QED) is 0.803. The Morgan fingerprint density at radius 1 is 1.40 bits per heavy atom. The van der Waals surface area contributed by atoms with Crippen LogP contribution in [0.5, 0.6) is 0 Å². The van der Waals surface area contributed by atoms with Gasteiger partial charge in [-0.3, -0.25) is 9.59 Å². The van der Waals surface area contributed by atoms with Gasteiger partial charge in [-0.05, 0) is 19.9 Å². The fourth-order valence-corrected chi connectivity index (χ4v) is 4.70. The summed E-state index contributed by atoms with van der Waals surface area (Å²) < 4.78 is -0.473. The molecule has 132 valence electrons. The van der Waals surface area contributed by atoms with Gasteiger partial charge in [0.05, 0.1) is 15.3 Å². The minimum atomic E-state index is -0.473. The molecule has 0 saturated carbocycles. The van der Waals surface area contributed by atoms with Crippen LogP contribution in [0.4, 0.5) is 0 Å². The van der Waals surface area contributed by atoms with Crippen LogP contribution in [0.3, 0.4) is 0 Å². The van der Waals surface area contributed by atoms with E-state index in [0.29, 0.717) is 23.9 Å². The van der Waals surface area contributed by atoms with Crippen molar-refractivity contribution in [2.75, 3.05) is 12.3 Å². The fraction of sp³-hybridized carbons (Fsp3) is 0.444. The summed E-state index contributed by atoms with van der Waals surface area (Å²) in [6.45, 7) is 4.97. The van der Waals surface area contributed by atoms with Gasteiger partial charge in [0.25, 0.3) is 0 Å². The molecule has 1 fully saturated rings. The van der Waals surface area contributed by atoms with Gasteiger partial charge >= 0.3 is 0 Å². The van der Waals surface area contributed by atoms with E-state index >= 15 is 0 Å². The number of H-pyrrole nitrogens is 1. The first-order valence-corrected chi connectivity index (χ1v) is 9.75. The van der Waals surface area contributed by atoms with Crippen LogP contribution in [0.1, 0.15) is 25.1 Å². The number of nitrogens with zero attached hydrogens (tertiary/aromatic N) is 1. The molecule has 0 radical (unpaired) electrons. The van der Waals surface area contributed by atoms with Crippen molar-refractivity contribution in [3.63, 3.8) is 0 Å². The van der Waals surface area contributed by atoms with Crippen molar-refractivity contribution < 1.29 is 9.59 Å². The Morgan fingerprint density at radius 3 is 2.96 bits per heavy atom. The molecule has 7 heteroatoms. The summed E-state index contributed by atoms with van der Waals surface area (Å²) in [5.41, 5.74) is 3.22. The van der Waals surface area contributed by atoms with Crippen LogP contribution in [-0.4, -0.2) is 44.8 Å². The van der Waals surface area contributed by atoms with E-state index in [4.69, 9.17) is 11.6 Å². The predicted octanol–water partition coefficient (Wildman–Crippen LogP) is 2.72. The van der Waals surface area contributed by atoms with E-state index in [1.807, 2.05) is 36.9 Å². The van der Waals surface area contributed by atoms with Gasteiger partial charge in [0.1, 0.15) is 6.04 Å². The van der Waals surface area contributed by atoms with Crippen molar-refractivity contribution in [1.82, 2.24) is 15.2 Å². The number of hydrogen-bond donors (Lipinski definition) is 2. The lowest BCUT2D eigenvalue weighted by Crippen LogP contribution is -2.58. The monoisotopic (exact) mass is 377 g/mol. The van der Waals surface area contributed by atoms with Crippen LogP contribution >= 0.6 is 23.4 Å². The molecule has 1 atom stereocenters. The molecule has 2 aliphatic rings. The molecule has 2 aliphatic heterocycles. The first-order valence-electron chi connectivity index (χ1n) is 8.38. The van der Waals surface area contributed by atoms with Crippen molar-refractivity contribution in [2.45, 2.75) is 37.6 Å². The summed E-state index contributed by atoms with van der Waals surface area (Å²) in [6.07, 6.45) is 0.769. The number of nitrogens with one attached hydrogen (secondary N) is 2. The smallest absolute Gasteiger partial charge is 0.246 e. The zero-order valence-corrected chi connectivity index (χ0v) is 15.8. The number of rotatable bonds is 1. The third-order valence-electron chi connectivity index (χ3n) is 5.03. The Labute approximate surface area is 155 Å². The summed E-state index contributed by atoms with van der Waals surface area (Å²) in [5.74, 6) is 0.540. The van der Waals surface area contributed by atoms with E-state index in [0.717, 1.165) is 28.6 Å². The molecule has 2 amide bonds.